The van der Waals surface area contributed by atoms with E-state index in [4.69, 9.17) is 4.74 Å². The van der Waals surface area contributed by atoms with Gasteiger partial charge in [0.25, 0.3) is 0 Å². The zero-order valence-corrected chi connectivity index (χ0v) is 11.9. The third-order valence-electron chi connectivity index (χ3n) is 4.23. The molecule has 19 heavy (non-hydrogen) atoms. The van der Waals surface area contributed by atoms with E-state index in [2.05, 4.69) is 15.1 Å². The van der Waals surface area contributed by atoms with Crippen LogP contribution in [0.25, 0.3) is 0 Å². The second-order valence-electron chi connectivity index (χ2n) is 5.63. The first-order valence-electron chi connectivity index (χ1n) is 7.58. The Hall–Kier alpha value is -0.650. The lowest BCUT2D eigenvalue weighted by Crippen LogP contribution is -2.48. The number of carbonyl (C=O) groups excluding carboxylic acids is 1. The SMILES string of the molecule is O=CNCCN1CCN(CCCC2CCOC2)CC1. The highest BCUT2D eigenvalue weighted by Crippen LogP contribution is 2.18. The molecule has 1 atom stereocenters. The summed E-state index contributed by atoms with van der Waals surface area (Å²) in [7, 11) is 0. The van der Waals surface area contributed by atoms with E-state index in [1.807, 2.05) is 0 Å². The first-order chi connectivity index (χ1) is 9.38. The molecule has 2 fully saturated rings. The minimum atomic E-state index is 0.769. The van der Waals surface area contributed by atoms with Crippen molar-refractivity contribution in [3.63, 3.8) is 0 Å². The van der Waals surface area contributed by atoms with Crippen molar-refractivity contribution in [2.75, 3.05) is 59.0 Å². The van der Waals surface area contributed by atoms with E-state index in [0.717, 1.165) is 51.7 Å². The maximum atomic E-state index is 10.2. The van der Waals surface area contributed by atoms with Gasteiger partial charge in [-0.3, -0.25) is 9.69 Å². The zero-order chi connectivity index (χ0) is 13.3. The zero-order valence-electron chi connectivity index (χ0n) is 11.9. The van der Waals surface area contributed by atoms with Gasteiger partial charge in [0.1, 0.15) is 0 Å². The van der Waals surface area contributed by atoms with Crippen LogP contribution in [0.1, 0.15) is 19.3 Å². The molecule has 1 N–H and O–H groups in total. The molecule has 0 spiro atoms. The summed E-state index contributed by atoms with van der Waals surface area (Å²) in [6.07, 6.45) is 4.67. The molecule has 1 unspecified atom stereocenters. The van der Waals surface area contributed by atoms with Gasteiger partial charge in [-0.05, 0) is 31.7 Å². The standard InChI is InChI=1S/C14H27N3O2/c18-13-15-4-6-17-9-7-16(8-10-17)5-1-2-14-3-11-19-12-14/h13-14H,1-12H2,(H,15,18). The number of nitrogens with zero attached hydrogens (tertiary/aromatic N) is 2. The Labute approximate surface area is 116 Å². The molecule has 0 aromatic rings. The largest absolute Gasteiger partial charge is 0.381 e. The van der Waals surface area contributed by atoms with Crippen LogP contribution in [-0.4, -0.2) is 75.2 Å². The van der Waals surface area contributed by atoms with Gasteiger partial charge >= 0.3 is 0 Å². The lowest BCUT2D eigenvalue weighted by atomic mass is 10.0. The van der Waals surface area contributed by atoms with Gasteiger partial charge in [-0.15, -0.1) is 0 Å². The minimum absolute atomic E-state index is 0.769. The number of nitrogens with one attached hydrogen (secondary N) is 1. The second-order valence-corrected chi connectivity index (χ2v) is 5.63. The van der Waals surface area contributed by atoms with Gasteiger partial charge in [-0.25, -0.2) is 0 Å². The molecule has 2 aliphatic heterocycles. The van der Waals surface area contributed by atoms with Gasteiger partial charge in [0.2, 0.25) is 6.41 Å². The maximum absolute atomic E-state index is 10.2. The fraction of sp³-hybridized carbons (Fsp3) is 0.929. The van der Waals surface area contributed by atoms with E-state index >= 15 is 0 Å². The summed E-state index contributed by atoms with van der Waals surface area (Å²) in [6.45, 7) is 9.54. The summed E-state index contributed by atoms with van der Waals surface area (Å²) < 4.78 is 5.41. The van der Waals surface area contributed by atoms with Crippen molar-refractivity contribution in [3.8, 4) is 0 Å². The molecular formula is C14H27N3O2. The van der Waals surface area contributed by atoms with Crippen LogP contribution in [0.15, 0.2) is 0 Å². The number of hydrogen-bond acceptors (Lipinski definition) is 4. The molecule has 2 rings (SSSR count). The molecule has 2 aliphatic rings. The Morgan fingerprint density at radius 2 is 1.89 bits per heavy atom. The van der Waals surface area contributed by atoms with Crippen molar-refractivity contribution in [3.05, 3.63) is 0 Å². The molecule has 5 heteroatoms. The molecule has 5 nitrogen and oxygen atoms in total. The van der Waals surface area contributed by atoms with Gasteiger partial charge in [0.05, 0.1) is 0 Å². The van der Waals surface area contributed by atoms with Crippen molar-refractivity contribution < 1.29 is 9.53 Å². The molecule has 0 radical (unpaired) electrons. The van der Waals surface area contributed by atoms with E-state index in [1.54, 1.807) is 0 Å². The van der Waals surface area contributed by atoms with Crippen LogP contribution >= 0.6 is 0 Å². The average molecular weight is 269 g/mol. The van der Waals surface area contributed by atoms with Crippen molar-refractivity contribution >= 4 is 6.41 Å². The molecule has 110 valence electrons. The highest BCUT2D eigenvalue weighted by molar-refractivity contribution is 5.45. The molecule has 2 heterocycles. The minimum Gasteiger partial charge on any atom is -0.381 e. The van der Waals surface area contributed by atoms with E-state index in [9.17, 15) is 4.79 Å². The van der Waals surface area contributed by atoms with Crippen LogP contribution in [0.3, 0.4) is 0 Å². The van der Waals surface area contributed by atoms with Gasteiger partial charge < -0.3 is 15.0 Å². The van der Waals surface area contributed by atoms with E-state index < -0.39 is 0 Å². The van der Waals surface area contributed by atoms with Gasteiger partial charge in [0.15, 0.2) is 0 Å². The highest BCUT2D eigenvalue weighted by Gasteiger charge is 2.18. The Balaban J connectivity index is 1.49. The Bertz CT molecular complexity index is 249. The summed E-state index contributed by atoms with van der Waals surface area (Å²) in [5.74, 6) is 0.815. The molecule has 2 saturated heterocycles. The number of hydrogen-bond donors (Lipinski definition) is 1. The molecule has 1 amide bonds. The predicted octanol–water partition coefficient (Wildman–Crippen LogP) is 0.167. The first kappa shape index (κ1) is 14.8. The maximum Gasteiger partial charge on any atom is 0.207 e. The smallest absolute Gasteiger partial charge is 0.207 e. The molecule has 0 aromatic heterocycles. The fourth-order valence-electron chi connectivity index (χ4n) is 2.93. The van der Waals surface area contributed by atoms with Gasteiger partial charge in [-0.1, -0.05) is 0 Å². The van der Waals surface area contributed by atoms with Crippen LogP contribution in [0, 0.1) is 5.92 Å². The molecule has 0 aromatic carbocycles. The van der Waals surface area contributed by atoms with Gasteiger partial charge in [-0.2, -0.15) is 0 Å². The summed E-state index contributed by atoms with van der Waals surface area (Å²) in [5.41, 5.74) is 0. The monoisotopic (exact) mass is 269 g/mol. The Morgan fingerprint density at radius 3 is 2.53 bits per heavy atom. The third kappa shape index (κ3) is 5.47. The number of ether oxygens (including phenoxy) is 1. The number of amides is 1. The molecule has 0 aliphatic carbocycles. The molecule has 0 saturated carbocycles. The van der Waals surface area contributed by atoms with Crippen molar-refractivity contribution in [2.45, 2.75) is 19.3 Å². The molecule has 0 bridgehead atoms. The first-order valence-corrected chi connectivity index (χ1v) is 7.58. The quantitative estimate of drug-likeness (QED) is 0.504. The number of rotatable bonds is 8. The van der Waals surface area contributed by atoms with E-state index in [-0.39, 0.29) is 0 Å². The van der Waals surface area contributed by atoms with Crippen LogP contribution in [0.2, 0.25) is 0 Å². The van der Waals surface area contributed by atoms with Crippen LogP contribution in [-0.2, 0) is 9.53 Å². The van der Waals surface area contributed by atoms with Crippen molar-refractivity contribution in [2.24, 2.45) is 5.92 Å². The van der Waals surface area contributed by atoms with Crippen LogP contribution in [0.5, 0.6) is 0 Å². The average Bonchev–Trinajstić information content (AvgIpc) is 2.94. The normalized spacial score (nSPS) is 25.6. The number of piperazine rings is 1. The van der Waals surface area contributed by atoms with E-state index in [1.165, 1.54) is 38.9 Å². The molecular weight excluding hydrogens is 242 g/mol. The second kappa shape index (κ2) is 8.51. The van der Waals surface area contributed by atoms with Gasteiger partial charge in [0, 0.05) is 52.5 Å². The van der Waals surface area contributed by atoms with Crippen molar-refractivity contribution in [1.82, 2.24) is 15.1 Å². The van der Waals surface area contributed by atoms with Crippen LogP contribution < -0.4 is 5.32 Å². The Morgan fingerprint density at radius 1 is 1.16 bits per heavy atom. The summed E-state index contributed by atoms with van der Waals surface area (Å²) in [4.78, 5) is 15.2. The summed E-state index contributed by atoms with van der Waals surface area (Å²) >= 11 is 0. The lowest BCUT2D eigenvalue weighted by molar-refractivity contribution is -0.109. The van der Waals surface area contributed by atoms with Crippen molar-refractivity contribution in [1.29, 1.82) is 0 Å². The fourth-order valence-corrected chi connectivity index (χ4v) is 2.93. The topological polar surface area (TPSA) is 44.8 Å². The Kier molecular flexibility index (Phi) is 6.61. The summed E-state index contributed by atoms with van der Waals surface area (Å²) in [5, 5.41) is 2.72. The third-order valence-corrected chi connectivity index (χ3v) is 4.23. The summed E-state index contributed by atoms with van der Waals surface area (Å²) in [6, 6.07) is 0. The van der Waals surface area contributed by atoms with Crippen LogP contribution in [0.4, 0.5) is 0 Å². The van der Waals surface area contributed by atoms with E-state index in [0.29, 0.717) is 0 Å². The predicted molar refractivity (Wildman–Crippen MR) is 75.1 cm³/mol. The number of carbonyl (C=O) groups is 1. The lowest BCUT2D eigenvalue weighted by Gasteiger charge is -2.34. The highest BCUT2D eigenvalue weighted by atomic mass is 16.5.